The molecule has 0 fully saturated rings. The number of nitrogens with two attached hydrogens (primary N) is 1. The van der Waals surface area contributed by atoms with Gasteiger partial charge in [-0.1, -0.05) is 29.9 Å². The molecule has 0 bridgehead atoms. The zero-order valence-electron chi connectivity index (χ0n) is 9.58. The predicted molar refractivity (Wildman–Crippen MR) is 77.0 cm³/mol. The van der Waals surface area contributed by atoms with Gasteiger partial charge in [0.15, 0.2) is 5.82 Å². The molecular weight excluding hydrogens is 290 g/mol. The number of hydrogen-bond donors (Lipinski definition) is 2. The summed E-state index contributed by atoms with van der Waals surface area (Å²) in [7, 11) is 0. The molecule has 19 heavy (non-hydrogen) atoms. The highest BCUT2D eigenvalue weighted by Gasteiger charge is 2.11. The van der Waals surface area contributed by atoms with Crippen molar-refractivity contribution in [2.24, 2.45) is 5.73 Å². The number of rotatable bonds is 3. The molecular formula is C13H9ClF2N2S. The maximum absolute atomic E-state index is 13.8. The SMILES string of the molecule is NC(=S)c1cc(F)ccc1Nc1cccc(Cl)c1F. The second kappa shape index (κ2) is 5.50. The number of nitrogens with one attached hydrogen (secondary N) is 1. The zero-order valence-corrected chi connectivity index (χ0v) is 11.2. The first-order chi connectivity index (χ1) is 8.99. The third-order valence-electron chi connectivity index (χ3n) is 2.47. The average Bonchev–Trinajstić information content (AvgIpc) is 2.36. The van der Waals surface area contributed by atoms with Crippen molar-refractivity contribution in [3.05, 3.63) is 58.6 Å². The van der Waals surface area contributed by atoms with Gasteiger partial charge in [-0.15, -0.1) is 0 Å². The first-order valence-electron chi connectivity index (χ1n) is 5.29. The van der Waals surface area contributed by atoms with Gasteiger partial charge in [0.1, 0.15) is 10.8 Å². The lowest BCUT2D eigenvalue weighted by atomic mass is 10.1. The molecule has 0 aliphatic carbocycles. The molecule has 2 aromatic rings. The second-order valence-corrected chi connectivity index (χ2v) is 4.63. The van der Waals surface area contributed by atoms with Crippen LogP contribution < -0.4 is 11.1 Å². The monoisotopic (exact) mass is 298 g/mol. The van der Waals surface area contributed by atoms with E-state index in [0.29, 0.717) is 11.3 Å². The van der Waals surface area contributed by atoms with Crippen molar-refractivity contribution < 1.29 is 8.78 Å². The maximum Gasteiger partial charge on any atom is 0.165 e. The number of benzene rings is 2. The van der Waals surface area contributed by atoms with Crippen molar-refractivity contribution in [1.29, 1.82) is 0 Å². The quantitative estimate of drug-likeness (QED) is 0.841. The van der Waals surface area contributed by atoms with Crippen LogP contribution >= 0.6 is 23.8 Å². The van der Waals surface area contributed by atoms with E-state index in [1.165, 1.54) is 30.3 Å². The summed E-state index contributed by atoms with van der Waals surface area (Å²) in [6.07, 6.45) is 0. The van der Waals surface area contributed by atoms with Gasteiger partial charge in [-0.25, -0.2) is 8.78 Å². The Labute approximate surface area is 119 Å². The van der Waals surface area contributed by atoms with Gasteiger partial charge in [0, 0.05) is 11.3 Å². The minimum Gasteiger partial charge on any atom is -0.389 e. The van der Waals surface area contributed by atoms with Gasteiger partial charge in [-0.05, 0) is 30.3 Å². The van der Waals surface area contributed by atoms with Gasteiger partial charge in [-0.2, -0.15) is 0 Å². The van der Waals surface area contributed by atoms with Crippen LogP contribution in [0.4, 0.5) is 20.2 Å². The minimum absolute atomic E-state index is 0.0102. The van der Waals surface area contributed by atoms with E-state index in [-0.39, 0.29) is 15.7 Å². The fourth-order valence-electron chi connectivity index (χ4n) is 1.57. The Morgan fingerprint density at radius 3 is 2.58 bits per heavy atom. The minimum atomic E-state index is -0.595. The summed E-state index contributed by atoms with van der Waals surface area (Å²) in [6, 6.07) is 8.39. The van der Waals surface area contributed by atoms with Crippen LogP contribution in [0.5, 0.6) is 0 Å². The van der Waals surface area contributed by atoms with E-state index in [4.69, 9.17) is 29.6 Å². The van der Waals surface area contributed by atoms with Gasteiger partial charge in [-0.3, -0.25) is 0 Å². The van der Waals surface area contributed by atoms with Gasteiger partial charge in [0.25, 0.3) is 0 Å². The number of halogens is 3. The van der Waals surface area contributed by atoms with Crippen molar-refractivity contribution in [3.63, 3.8) is 0 Å². The molecule has 0 amide bonds. The van der Waals surface area contributed by atoms with Gasteiger partial charge >= 0.3 is 0 Å². The molecule has 0 atom stereocenters. The third-order valence-corrected chi connectivity index (χ3v) is 2.98. The molecule has 0 spiro atoms. The largest absolute Gasteiger partial charge is 0.389 e. The molecule has 0 heterocycles. The van der Waals surface area contributed by atoms with E-state index in [0.717, 1.165) is 0 Å². The van der Waals surface area contributed by atoms with Crippen molar-refractivity contribution in [3.8, 4) is 0 Å². The van der Waals surface area contributed by atoms with E-state index in [9.17, 15) is 8.78 Å². The summed E-state index contributed by atoms with van der Waals surface area (Å²) in [4.78, 5) is 0.0180. The third kappa shape index (κ3) is 3.00. The van der Waals surface area contributed by atoms with Crippen LogP contribution in [-0.4, -0.2) is 4.99 Å². The van der Waals surface area contributed by atoms with Crippen LogP contribution in [0, 0.1) is 11.6 Å². The van der Waals surface area contributed by atoms with E-state index < -0.39 is 11.6 Å². The second-order valence-electron chi connectivity index (χ2n) is 3.78. The normalized spacial score (nSPS) is 10.3. The smallest absolute Gasteiger partial charge is 0.165 e. The molecule has 0 aromatic heterocycles. The maximum atomic E-state index is 13.8. The van der Waals surface area contributed by atoms with Crippen LogP contribution in [0.3, 0.4) is 0 Å². The average molecular weight is 299 g/mol. The molecule has 2 nitrogen and oxygen atoms in total. The van der Waals surface area contributed by atoms with Crippen LogP contribution in [0.1, 0.15) is 5.56 Å². The summed E-state index contributed by atoms with van der Waals surface area (Å²) in [5.41, 5.74) is 6.39. The summed E-state index contributed by atoms with van der Waals surface area (Å²) >= 11 is 10.5. The van der Waals surface area contributed by atoms with Crippen molar-refractivity contribution >= 4 is 40.2 Å². The van der Waals surface area contributed by atoms with Crippen LogP contribution in [0.2, 0.25) is 5.02 Å². The summed E-state index contributed by atoms with van der Waals surface area (Å²) in [6.45, 7) is 0. The molecule has 3 N–H and O–H groups in total. The molecule has 2 aromatic carbocycles. The topological polar surface area (TPSA) is 38.0 Å². The number of hydrogen-bond acceptors (Lipinski definition) is 2. The number of thiocarbonyl (C=S) groups is 1. The van der Waals surface area contributed by atoms with Gasteiger partial charge < -0.3 is 11.1 Å². The van der Waals surface area contributed by atoms with Crippen molar-refractivity contribution in [2.75, 3.05) is 5.32 Å². The molecule has 0 saturated carbocycles. The highest BCUT2D eigenvalue weighted by atomic mass is 35.5. The van der Waals surface area contributed by atoms with Crippen LogP contribution in [0.25, 0.3) is 0 Å². The lowest BCUT2D eigenvalue weighted by Gasteiger charge is -2.12. The van der Waals surface area contributed by atoms with E-state index in [1.54, 1.807) is 6.07 Å². The molecule has 2 rings (SSSR count). The Morgan fingerprint density at radius 1 is 1.16 bits per heavy atom. The Kier molecular flexibility index (Phi) is 3.97. The van der Waals surface area contributed by atoms with E-state index in [2.05, 4.69) is 5.32 Å². The highest BCUT2D eigenvalue weighted by Crippen LogP contribution is 2.27. The lowest BCUT2D eigenvalue weighted by Crippen LogP contribution is -2.12. The fraction of sp³-hybridized carbons (Fsp3) is 0. The fourth-order valence-corrected chi connectivity index (χ4v) is 1.92. The summed E-state index contributed by atoms with van der Waals surface area (Å²) in [5, 5.41) is 2.79. The first kappa shape index (κ1) is 13.7. The molecule has 0 radical (unpaired) electrons. The zero-order chi connectivity index (χ0) is 14.0. The van der Waals surface area contributed by atoms with Gasteiger partial charge in [0.05, 0.1) is 10.7 Å². The van der Waals surface area contributed by atoms with Crippen molar-refractivity contribution in [2.45, 2.75) is 0 Å². The van der Waals surface area contributed by atoms with Gasteiger partial charge in [0.2, 0.25) is 0 Å². The Hall–Kier alpha value is -1.72. The predicted octanol–water partition coefficient (Wildman–Crippen LogP) is 4.00. The standard InChI is InChI=1S/C13H9ClF2N2S/c14-9-2-1-3-11(12(9)16)18-10-5-4-7(15)6-8(10)13(17)19/h1-6,18H,(H2,17,19). The lowest BCUT2D eigenvalue weighted by molar-refractivity contribution is 0.627. The van der Waals surface area contributed by atoms with Crippen LogP contribution in [-0.2, 0) is 0 Å². The molecule has 6 heteroatoms. The molecule has 0 unspecified atom stereocenters. The summed E-state index contributed by atoms with van der Waals surface area (Å²) in [5.74, 6) is -1.07. The molecule has 0 aliphatic heterocycles. The Balaban J connectivity index is 2.44. The van der Waals surface area contributed by atoms with E-state index in [1.807, 2.05) is 0 Å². The first-order valence-corrected chi connectivity index (χ1v) is 6.08. The highest BCUT2D eigenvalue weighted by molar-refractivity contribution is 7.80. The Morgan fingerprint density at radius 2 is 1.89 bits per heavy atom. The molecule has 0 aliphatic rings. The number of anilines is 2. The van der Waals surface area contributed by atoms with Crippen LogP contribution in [0.15, 0.2) is 36.4 Å². The Bertz CT molecular complexity index is 647. The molecule has 0 saturated heterocycles. The molecule has 98 valence electrons. The van der Waals surface area contributed by atoms with Crippen molar-refractivity contribution in [1.82, 2.24) is 0 Å². The summed E-state index contributed by atoms with van der Waals surface area (Å²) < 4.78 is 26.9. The van der Waals surface area contributed by atoms with E-state index >= 15 is 0 Å².